The van der Waals surface area contributed by atoms with Gasteiger partial charge in [0.2, 0.25) is 0 Å². The van der Waals surface area contributed by atoms with Gasteiger partial charge in [-0.05, 0) is 58.4 Å². The van der Waals surface area contributed by atoms with Gasteiger partial charge in [-0.15, -0.1) is 11.8 Å². The van der Waals surface area contributed by atoms with Crippen LogP contribution in [-0.4, -0.2) is 34.4 Å². The molecule has 5 heteroatoms. The van der Waals surface area contributed by atoms with Crippen LogP contribution >= 0.6 is 11.8 Å². The van der Waals surface area contributed by atoms with Gasteiger partial charge in [0.25, 0.3) is 0 Å². The lowest BCUT2D eigenvalue weighted by atomic mass is 10.1. The van der Waals surface area contributed by atoms with Crippen LogP contribution in [0.2, 0.25) is 0 Å². The number of hydrogen-bond donors (Lipinski definition) is 0. The number of carbonyl (C=O) groups is 1. The van der Waals surface area contributed by atoms with E-state index in [0.29, 0.717) is 13.1 Å². The van der Waals surface area contributed by atoms with Crippen molar-refractivity contribution in [1.29, 1.82) is 0 Å². The Morgan fingerprint density at radius 3 is 2.52 bits per heavy atom. The maximum absolute atomic E-state index is 12.9. The van der Waals surface area contributed by atoms with Gasteiger partial charge in [0, 0.05) is 22.7 Å². The minimum absolute atomic E-state index is 0.0608. The number of halogens is 1. The van der Waals surface area contributed by atoms with Gasteiger partial charge in [-0.25, -0.2) is 9.18 Å². The molecule has 0 spiro atoms. The van der Waals surface area contributed by atoms with E-state index in [1.807, 2.05) is 20.8 Å². The molecule has 1 atom stereocenters. The Morgan fingerprint density at radius 2 is 1.95 bits per heavy atom. The summed E-state index contributed by atoms with van der Waals surface area (Å²) < 4.78 is 18.3. The van der Waals surface area contributed by atoms with Gasteiger partial charge >= 0.3 is 6.09 Å². The van der Waals surface area contributed by atoms with Gasteiger partial charge in [-0.3, -0.25) is 0 Å². The minimum atomic E-state index is -0.472. The normalized spacial score (nSPS) is 22.4. The van der Waals surface area contributed by atoms with Crippen molar-refractivity contribution in [2.75, 3.05) is 13.1 Å². The first-order chi connectivity index (χ1) is 9.67. The van der Waals surface area contributed by atoms with E-state index in [2.05, 4.69) is 6.92 Å². The highest BCUT2D eigenvalue weighted by Gasteiger charge is 2.38. The highest BCUT2D eigenvalue weighted by atomic mass is 32.2. The lowest BCUT2D eigenvalue weighted by molar-refractivity contribution is 0.0291. The number of nitrogens with zero attached hydrogens (tertiary/aromatic N) is 1. The van der Waals surface area contributed by atoms with Crippen LogP contribution in [0.3, 0.4) is 0 Å². The molecule has 0 radical (unpaired) electrons. The number of carbonyl (C=O) groups excluding carboxylic acids is 1. The van der Waals surface area contributed by atoms with E-state index in [0.717, 1.165) is 11.3 Å². The van der Waals surface area contributed by atoms with Gasteiger partial charge in [0.1, 0.15) is 11.4 Å². The van der Waals surface area contributed by atoms with Gasteiger partial charge in [0.05, 0.1) is 0 Å². The zero-order valence-electron chi connectivity index (χ0n) is 13.0. The van der Waals surface area contributed by atoms with Crippen LogP contribution in [0, 0.1) is 5.82 Å². The van der Waals surface area contributed by atoms with Crippen LogP contribution in [0.25, 0.3) is 0 Å². The summed E-state index contributed by atoms with van der Waals surface area (Å²) in [6.45, 7) is 9.07. The van der Waals surface area contributed by atoms with Crippen molar-refractivity contribution in [3.8, 4) is 0 Å². The minimum Gasteiger partial charge on any atom is -0.444 e. The molecular formula is C16H22FNO2S. The molecule has 21 heavy (non-hydrogen) atoms. The first-order valence-corrected chi connectivity index (χ1v) is 7.91. The molecular weight excluding hydrogens is 289 g/mol. The molecule has 0 aromatic heterocycles. The van der Waals surface area contributed by atoms with Crippen LogP contribution in [0.5, 0.6) is 0 Å². The summed E-state index contributed by atoms with van der Waals surface area (Å²) in [5.74, 6) is -0.230. The monoisotopic (exact) mass is 311 g/mol. The van der Waals surface area contributed by atoms with E-state index in [9.17, 15) is 9.18 Å². The maximum atomic E-state index is 12.9. The van der Waals surface area contributed by atoms with Crippen LogP contribution in [0.15, 0.2) is 29.2 Å². The average Bonchev–Trinajstić information content (AvgIpc) is 2.73. The molecule has 116 valence electrons. The maximum Gasteiger partial charge on any atom is 0.410 e. The smallest absolute Gasteiger partial charge is 0.410 e. The predicted molar refractivity (Wildman–Crippen MR) is 83.1 cm³/mol. The van der Waals surface area contributed by atoms with Crippen LogP contribution in [-0.2, 0) is 4.74 Å². The molecule has 1 unspecified atom stereocenters. The number of hydrogen-bond acceptors (Lipinski definition) is 3. The third kappa shape index (κ3) is 4.63. The van der Waals surface area contributed by atoms with Crippen molar-refractivity contribution in [2.45, 2.75) is 49.4 Å². The standard InChI is InChI=1S/C16H22FNO2S/c1-15(2,3)20-14(19)18-10-9-16(4,11-18)21-13-7-5-12(17)6-8-13/h5-8H,9-11H2,1-4H3. The third-order valence-corrected chi connectivity index (χ3v) is 4.60. The molecule has 1 aliphatic rings. The molecule has 1 fully saturated rings. The van der Waals surface area contributed by atoms with E-state index in [1.165, 1.54) is 12.1 Å². The van der Waals surface area contributed by atoms with Crippen LogP contribution in [0.1, 0.15) is 34.1 Å². The lowest BCUT2D eigenvalue weighted by Gasteiger charge is -2.26. The fourth-order valence-corrected chi connectivity index (χ4v) is 3.54. The second kappa shape index (κ2) is 5.87. The SMILES string of the molecule is CC(C)(C)OC(=O)N1CCC(C)(Sc2ccc(F)cc2)C1. The topological polar surface area (TPSA) is 29.5 Å². The van der Waals surface area contributed by atoms with Crippen molar-refractivity contribution in [2.24, 2.45) is 0 Å². The zero-order chi connectivity index (χ0) is 15.7. The Kier molecular flexibility index (Phi) is 4.51. The molecule has 1 aromatic rings. The number of rotatable bonds is 2. The van der Waals surface area contributed by atoms with Crippen molar-refractivity contribution >= 4 is 17.9 Å². The van der Waals surface area contributed by atoms with E-state index in [1.54, 1.807) is 28.8 Å². The Hall–Kier alpha value is -1.23. The highest BCUT2D eigenvalue weighted by Crippen LogP contribution is 2.40. The van der Waals surface area contributed by atoms with E-state index in [4.69, 9.17) is 4.74 Å². The molecule has 0 bridgehead atoms. The van der Waals surface area contributed by atoms with Gasteiger partial charge in [-0.2, -0.15) is 0 Å². The zero-order valence-corrected chi connectivity index (χ0v) is 13.8. The molecule has 2 rings (SSSR count). The van der Waals surface area contributed by atoms with Gasteiger partial charge in [-0.1, -0.05) is 0 Å². The quantitative estimate of drug-likeness (QED) is 0.815. The molecule has 1 aliphatic heterocycles. The number of ether oxygens (including phenoxy) is 1. The summed E-state index contributed by atoms with van der Waals surface area (Å²) in [4.78, 5) is 14.9. The molecule has 0 N–H and O–H groups in total. The van der Waals surface area contributed by atoms with Crippen molar-refractivity contribution in [1.82, 2.24) is 4.90 Å². The van der Waals surface area contributed by atoms with Gasteiger partial charge < -0.3 is 9.64 Å². The predicted octanol–water partition coefficient (Wildman–Crippen LogP) is 4.32. The largest absolute Gasteiger partial charge is 0.444 e. The summed E-state index contributed by atoms with van der Waals surface area (Å²) >= 11 is 1.69. The summed E-state index contributed by atoms with van der Waals surface area (Å²) in [5.41, 5.74) is -0.472. The number of thioether (sulfide) groups is 1. The third-order valence-electron chi connectivity index (χ3n) is 3.27. The number of likely N-dealkylation sites (tertiary alicyclic amines) is 1. The Morgan fingerprint density at radius 1 is 1.33 bits per heavy atom. The second-order valence-electron chi connectivity index (χ2n) is 6.66. The summed E-state index contributed by atoms with van der Waals surface area (Å²) in [6.07, 6.45) is 0.639. The van der Waals surface area contributed by atoms with Crippen molar-refractivity contribution < 1.29 is 13.9 Å². The summed E-state index contributed by atoms with van der Waals surface area (Å²) in [7, 11) is 0. The fourth-order valence-electron chi connectivity index (χ4n) is 2.29. The first-order valence-electron chi connectivity index (χ1n) is 7.09. The van der Waals surface area contributed by atoms with E-state index in [-0.39, 0.29) is 16.7 Å². The van der Waals surface area contributed by atoms with E-state index < -0.39 is 5.60 Å². The molecule has 1 heterocycles. The number of amides is 1. The lowest BCUT2D eigenvalue weighted by Crippen LogP contribution is -2.37. The number of benzene rings is 1. The van der Waals surface area contributed by atoms with Crippen molar-refractivity contribution in [3.63, 3.8) is 0 Å². The summed E-state index contributed by atoms with van der Waals surface area (Å²) in [5, 5.41) is 0. The molecule has 1 saturated heterocycles. The second-order valence-corrected chi connectivity index (χ2v) is 8.32. The van der Waals surface area contributed by atoms with Crippen LogP contribution in [0.4, 0.5) is 9.18 Å². The van der Waals surface area contributed by atoms with Crippen molar-refractivity contribution in [3.05, 3.63) is 30.1 Å². The molecule has 0 aliphatic carbocycles. The molecule has 3 nitrogen and oxygen atoms in total. The highest BCUT2D eigenvalue weighted by molar-refractivity contribution is 8.00. The Labute approximate surface area is 129 Å². The van der Waals surface area contributed by atoms with Gasteiger partial charge in [0.15, 0.2) is 0 Å². The molecule has 1 amide bonds. The average molecular weight is 311 g/mol. The molecule has 0 saturated carbocycles. The molecule has 1 aromatic carbocycles. The first kappa shape index (κ1) is 16.1. The Balaban J connectivity index is 1.96. The Bertz CT molecular complexity index is 512. The fraction of sp³-hybridized carbons (Fsp3) is 0.562. The summed E-state index contributed by atoms with van der Waals surface area (Å²) in [6, 6.07) is 6.49. The van der Waals surface area contributed by atoms with Crippen LogP contribution < -0.4 is 0 Å². The van der Waals surface area contributed by atoms with E-state index >= 15 is 0 Å².